The van der Waals surface area contributed by atoms with Crippen molar-refractivity contribution in [2.24, 2.45) is 5.73 Å². The number of unbranched alkanes of at least 4 members (excludes halogenated alkanes) is 1. The van der Waals surface area contributed by atoms with Gasteiger partial charge in [-0.1, -0.05) is 0 Å². The number of benzene rings is 1. The van der Waals surface area contributed by atoms with Crippen LogP contribution in [-0.2, 0) is 9.84 Å². The average molecular weight is 259 g/mol. The smallest absolute Gasteiger partial charge is 0.175 e. The molecule has 0 radical (unpaired) electrons. The molecule has 0 saturated carbocycles. The molecule has 0 amide bonds. The largest absolute Gasteiger partial charge is 0.330 e. The summed E-state index contributed by atoms with van der Waals surface area (Å²) >= 11 is 1.73. The zero-order chi connectivity index (χ0) is 12.0. The predicted molar refractivity (Wildman–Crippen MR) is 68.6 cm³/mol. The molecule has 0 heterocycles. The Balaban J connectivity index is 2.52. The zero-order valence-corrected chi connectivity index (χ0v) is 11.0. The number of hydrogen-bond acceptors (Lipinski definition) is 4. The van der Waals surface area contributed by atoms with E-state index in [9.17, 15) is 8.42 Å². The highest BCUT2D eigenvalue weighted by Gasteiger charge is 2.05. The highest BCUT2D eigenvalue weighted by atomic mass is 32.2. The van der Waals surface area contributed by atoms with Crippen LogP contribution in [0.25, 0.3) is 0 Å². The summed E-state index contributed by atoms with van der Waals surface area (Å²) < 4.78 is 22.4. The molecule has 0 atom stereocenters. The van der Waals surface area contributed by atoms with E-state index in [0.29, 0.717) is 4.90 Å². The van der Waals surface area contributed by atoms with E-state index < -0.39 is 9.84 Å². The van der Waals surface area contributed by atoms with Gasteiger partial charge in [0.15, 0.2) is 9.84 Å². The van der Waals surface area contributed by atoms with Gasteiger partial charge in [0.05, 0.1) is 4.90 Å². The summed E-state index contributed by atoms with van der Waals surface area (Å²) in [5.41, 5.74) is 5.40. The van der Waals surface area contributed by atoms with Crippen LogP contribution < -0.4 is 5.73 Å². The van der Waals surface area contributed by atoms with Gasteiger partial charge in [0, 0.05) is 11.2 Å². The molecule has 16 heavy (non-hydrogen) atoms. The normalized spacial score (nSPS) is 11.6. The van der Waals surface area contributed by atoms with Gasteiger partial charge in [-0.05, 0) is 49.4 Å². The van der Waals surface area contributed by atoms with Crippen LogP contribution in [0.4, 0.5) is 0 Å². The van der Waals surface area contributed by atoms with Crippen LogP contribution in [0.15, 0.2) is 34.1 Å². The molecule has 1 aromatic carbocycles. The van der Waals surface area contributed by atoms with Crippen molar-refractivity contribution in [2.45, 2.75) is 22.6 Å². The van der Waals surface area contributed by atoms with E-state index in [1.165, 1.54) is 6.26 Å². The van der Waals surface area contributed by atoms with Crippen LogP contribution in [0.5, 0.6) is 0 Å². The Morgan fingerprint density at radius 1 is 1.19 bits per heavy atom. The summed E-state index contributed by atoms with van der Waals surface area (Å²) in [7, 11) is -3.07. The van der Waals surface area contributed by atoms with E-state index >= 15 is 0 Å². The molecule has 0 aliphatic carbocycles. The van der Waals surface area contributed by atoms with Gasteiger partial charge in [0.25, 0.3) is 0 Å². The highest BCUT2D eigenvalue weighted by Crippen LogP contribution is 2.21. The van der Waals surface area contributed by atoms with Gasteiger partial charge in [0.1, 0.15) is 0 Å². The maximum absolute atomic E-state index is 11.2. The molecule has 0 fully saturated rings. The van der Waals surface area contributed by atoms with E-state index in [1.54, 1.807) is 23.9 Å². The fourth-order valence-electron chi connectivity index (χ4n) is 1.22. The second kappa shape index (κ2) is 6.27. The summed E-state index contributed by atoms with van der Waals surface area (Å²) in [5, 5.41) is 0. The van der Waals surface area contributed by atoms with E-state index in [4.69, 9.17) is 5.73 Å². The third-order valence-corrected chi connectivity index (χ3v) is 4.35. The lowest BCUT2D eigenvalue weighted by atomic mass is 10.3. The minimum atomic E-state index is -3.07. The summed E-state index contributed by atoms with van der Waals surface area (Å²) in [4.78, 5) is 1.48. The second-order valence-electron chi connectivity index (χ2n) is 3.59. The van der Waals surface area contributed by atoms with Gasteiger partial charge in [-0.15, -0.1) is 11.8 Å². The second-order valence-corrected chi connectivity index (χ2v) is 6.77. The third-order valence-electron chi connectivity index (χ3n) is 2.12. The van der Waals surface area contributed by atoms with Crippen LogP contribution in [0.1, 0.15) is 12.8 Å². The van der Waals surface area contributed by atoms with E-state index in [2.05, 4.69) is 0 Å². The van der Waals surface area contributed by atoms with Crippen LogP contribution in [0, 0.1) is 0 Å². The standard InChI is InChI=1S/C11H17NO2S2/c1-16(13,14)11-6-4-10(5-7-11)15-9-3-2-8-12/h4-7H,2-3,8-9,12H2,1H3. The number of rotatable bonds is 6. The van der Waals surface area contributed by atoms with Crippen molar-refractivity contribution in [2.75, 3.05) is 18.6 Å². The van der Waals surface area contributed by atoms with Crippen LogP contribution in [0.2, 0.25) is 0 Å². The molecule has 0 aromatic heterocycles. The fourth-order valence-corrected chi connectivity index (χ4v) is 2.76. The van der Waals surface area contributed by atoms with Crippen molar-refractivity contribution in [1.29, 1.82) is 0 Å². The van der Waals surface area contributed by atoms with Gasteiger partial charge in [0.2, 0.25) is 0 Å². The summed E-state index contributed by atoms with van der Waals surface area (Å²) in [6, 6.07) is 7.01. The SMILES string of the molecule is CS(=O)(=O)c1ccc(SCCCCN)cc1. The summed E-state index contributed by atoms with van der Waals surface area (Å²) in [5.74, 6) is 1.02. The maximum atomic E-state index is 11.2. The molecule has 2 N–H and O–H groups in total. The molecule has 0 aliphatic heterocycles. The van der Waals surface area contributed by atoms with Gasteiger partial charge >= 0.3 is 0 Å². The van der Waals surface area contributed by atoms with Gasteiger partial charge < -0.3 is 5.73 Å². The Kier molecular flexibility index (Phi) is 5.31. The molecule has 90 valence electrons. The molecule has 0 saturated heterocycles. The Morgan fingerprint density at radius 3 is 2.31 bits per heavy atom. The Morgan fingerprint density at radius 2 is 1.81 bits per heavy atom. The van der Waals surface area contributed by atoms with Crippen molar-refractivity contribution in [3.05, 3.63) is 24.3 Å². The Labute approximate surface area is 101 Å². The molecule has 1 rings (SSSR count). The number of nitrogens with two attached hydrogens (primary N) is 1. The minimum absolute atomic E-state index is 0.374. The molecule has 0 aliphatic rings. The lowest BCUT2D eigenvalue weighted by molar-refractivity contribution is 0.602. The van der Waals surface area contributed by atoms with Crippen molar-refractivity contribution in [3.63, 3.8) is 0 Å². The fraction of sp³-hybridized carbons (Fsp3) is 0.455. The average Bonchev–Trinajstić information content (AvgIpc) is 2.24. The first-order valence-electron chi connectivity index (χ1n) is 5.17. The quantitative estimate of drug-likeness (QED) is 0.626. The van der Waals surface area contributed by atoms with Crippen molar-refractivity contribution < 1.29 is 8.42 Å². The molecule has 0 bridgehead atoms. The van der Waals surface area contributed by atoms with Gasteiger partial charge in [-0.25, -0.2) is 8.42 Å². The molecular formula is C11H17NO2S2. The van der Waals surface area contributed by atoms with Crippen LogP contribution in [0.3, 0.4) is 0 Å². The highest BCUT2D eigenvalue weighted by molar-refractivity contribution is 7.99. The predicted octanol–water partition coefficient (Wildman–Crippen LogP) is 1.92. The Hall–Kier alpha value is -0.520. The lowest BCUT2D eigenvalue weighted by Crippen LogP contribution is -1.98. The van der Waals surface area contributed by atoms with E-state index in [0.717, 1.165) is 30.0 Å². The molecule has 5 heteroatoms. The molecule has 0 unspecified atom stereocenters. The van der Waals surface area contributed by atoms with E-state index in [-0.39, 0.29) is 0 Å². The maximum Gasteiger partial charge on any atom is 0.175 e. The molecular weight excluding hydrogens is 242 g/mol. The molecule has 0 spiro atoms. The number of hydrogen-bond donors (Lipinski definition) is 1. The third kappa shape index (κ3) is 4.55. The first-order chi connectivity index (χ1) is 7.54. The van der Waals surface area contributed by atoms with Crippen molar-refractivity contribution in [1.82, 2.24) is 0 Å². The van der Waals surface area contributed by atoms with Gasteiger partial charge in [-0.2, -0.15) is 0 Å². The molecule has 1 aromatic rings. The number of thioether (sulfide) groups is 1. The minimum Gasteiger partial charge on any atom is -0.330 e. The van der Waals surface area contributed by atoms with Crippen LogP contribution >= 0.6 is 11.8 Å². The van der Waals surface area contributed by atoms with Crippen LogP contribution in [-0.4, -0.2) is 27.0 Å². The summed E-state index contributed by atoms with van der Waals surface area (Å²) in [6.07, 6.45) is 3.35. The van der Waals surface area contributed by atoms with Crippen molar-refractivity contribution >= 4 is 21.6 Å². The summed E-state index contributed by atoms with van der Waals surface area (Å²) in [6.45, 7) is 0.730. The topological polar surface area (TPSA) is 60.2 Å². The molecule has 3 nitrogen and oxygen atoms in total. The zero-order valence-electron chi connectivity index (χ0n) is 9.35. The van der Waals surface area contributed by atoms with Gasteiger partial charge in [-0.3, -0.25) is 0 Å². The monoisotopic (exact) mass is 259 g/mol. The van der Waals surface area contributed by atoms with E-state index in [1.807, 2.05) is 12.1 Å². The van der Waals surface area contributed by atoms with Crippen molar-refractivity contribution in [3.8, 4) is 0 Å². The first kappa shape index (κ1) is 13.5. The number of sulfone groups is 1. The first-order valence-corrected chi connectivity index (χ1v) is 8.05. The lowest BCUT2D eigenvalue weighted by Gasteiger charge is -2.02. The Bertz CT molecular complexity index is 412.